The maximum Gasteiger partial charge on any atom is 0.206 e. The maximum absolute atomic E-state index is 11.8. The lowest BCUT2D eigenvalue weighted by Crippen LogP contribution is -1.99. The molecule has 1 aromatic carbocycles. The third kappa shape index (κ3) is 1.85. The summed E-state index contributed by atoms with van der Waals surface area (Å²) in [6.07, 6.45) is 4.58. The van der Waals surface area contributed by atoms with Gasteiger partial charge in [-0.25, -0.2) is 13.4 Å². The molecule has 0 bridgehead atoms. The fourth-order valence-electron chi connectivity index (χ4n) is 2.19. The van der Waals surface area contributed by atoms with Crippen molar-refractivity contribution in [1.82, 2.24) is 19.3 Å². The molecule has 7 nitrogen and oxygen atoms in total. The number of fused-ring (bicyclic) bond motifs is 1. The van der Waals surface area contributed by atoms with E-state index < -0.39 is 9.84 Å². The number of hydrogen-bond donors (Lipinski definition) is 1. The minimum atomic E-state index is -3.36. The van der Waals surface area contributed by atoms with Crippen LogP contribution >= 0.6 is 0 Å². The van der Waals surface area contributed by atoms with Gasteiger partial charge in [0.15, 0.2) is 9.84 Å². The van der Waals surface area contributed by atoms with E-state index in [1.807, 2.05) is 0 Å². The molecule has 0 unspecified atom stereocenters. The van der Waals surface area contributed by atoms with Crippen molar-refractivity contribution in [2.24, 2.45) is 7.05 Å². The molecule has 0 aliphatic carbocycles. The minimum Gasteiger partial charge on any atom is -0.369 e. The first-order valence-corrected chi connectivity index (χ1v) is 7.73. The number of benzene rings is 1. The van der Waals surface area contributed by atoms with Gasteiger partial charge in [0.2, 0.25) is 5.95 Å². The van der Waals surface area contributed by atoms with Crippen LogP contribution in [0, 0.1) is 0 Å². The van der Waals surface area contributed by atoms with Gasteiger partial charge >= 0.3 is 0 Å². The van der Waals surface area contributed by atoms with Gasteiger partial charge in [0.25, 0.3) is 0 Å². The van der Waals surface area contributed by atoms with Crippen LogP contribution in [0.15, 0.2) is 35.5 Å². The Morgan fingerprint density at radius 2 is 2.05 bits per heavy atom. The molecule has 0 fully saturated rings. The normalized spacial score (nSPS) is 12.1. The van der Waals surface area contributed by atoms with E-state index in [0.29, 0.717) is 11.0 Å². The molecule has 3 aromatic rings. The summed E-state index contributed by atoms with van der Waals surface area (Å²) in [4.78, 5) is 4.36. The Labute approximate surface area is 115 Å². The Morgan fingerprint density at radius 1 is 1.30 bits per heavy atom. The highest BCUT2D eigenvalue weighted by Gasteiger charge is 2.18. The Kier molecular flexibility index (Phi) is 2.58. The van der Waals surface area contributed by atoms with Crippen LogP contribution in [0.2, 0.25) is 0 Å². The van der Waals surface area contributed by atoms with Crippen molar-refractivity contribution in [3.05, 3.63) is 30.6 Å². The number of sulfone groups is 1. The minimum absolute atomic E-state index is 0.171. The summed E-state index contributed by atoms with van der Waals surface area (Å²) in [6, 6.07) is 4.98. The standard InChI is InChI=1S/C12H13N5O2S/c1-16-7-8(6-14-16)17-9-4-3-5-10(20(2,18)19)11(9)15-12(17)13/h3-7H,1-2H3,(H2,13,15). The zero-order valence-corrected chi connectivity index (χ0v) is 11.8. The average molecular weight is 291 g/mol. The van der Waals surface area contributed by atoms with Crippen molar-refractivity contribution in [2.45, 2.75) is 4.90 Å². The predicted molar refractivity (Wildman–Crippen MR) is 75.4 cm³/mol. The van der Waals surface area contributed by atoms with Crippen molar-refractivity contribution in [1.29, 1.82) is 0 Å². The molecule has 2 aromatic heterocycles. The van der Waals surface area contributed by atoms with Gasteiger partial charge in [-0.2, -0.15) is 5.10 Å². The second-order valence-corrected chi connectivity index (χ2v) is 6.56. The summed E-state index contributed by atoms with van der Waals surface area (Å²) in [5, 5.41) is 4.09. The number of nitrogen functional groups attached to an aromatic ring is 1. The van der Waals surface area contributed by atoms with Crippen LogP contribution in [0.3, 0.4) is 0 Å². The molecule has 20 heavy (non-hydrogen) atoms. The zero-order chi connectivity index (χ0) is 14.5. The molecule has 3 rings (SSSR count). The predicted octanol–water partition coefficient (Wildman–Crippen LogP) is 0.745. The summed E-state index contributed by atoms with van der Waals surface area (Å²) in [6.45, 7) is 0. The van der Waals surface area contributed by atoms with Crippen LogP contribution in [-0.4, -0.2) is 34.0 Å². The molecule has 0 aliphatic heterocycles. The smallest absolute Gasteiger partial charge is 0.206 e. The molecule has 0 amide bonds. The number of aromatic nitrogens is 4. The molecule has 0 saturated heterocycles. The fourth-order valence-corrected chi connectivity index (χ4v) is 3.01. The van der Waals surface area contributed by atoms with Crippen molar-refractivity contribution >= 4 is 26.8 Å². The summed E-state index contributed by atoms with van der Waals surface area (Å²) < 4.78 is 26.9. The highest BCUT2D eigenvalue weighted by molar-refractivity contribution is 7.91. The molecule has 0 atom stereocenters. The third-order valence-electron chi connectivity index (χ3n) is 3.02. The number of anilines is 1. The molecular formula is C12H13N5O2S. The first-order chi connectivity index (χ1) is 9.38. The molecule has 8 heteroatoms. The van der Waals surface area contributed by atoms with E-state index in [2.05, 4.69) is 10.1 Å². The van der Waals surface area contributed by atoms with E-state index >= 15 is 0 Å². The van der Waals surface area contributed by atoms with Crippen molar-refractivity contribution in [3.8, 4) is 5.69 Å². The number of aryl methyl sites for hydroxylation is 1. The summed E-state index contributed by atoms with van der Waals surface area (Å²) in [5.41, 5.74) is 7.67. The van der Waals surface area contributed by atoms with Gasteiger partial charge in [-0.05, 0) is 12.1 Å². The van der Waals surface area contributed by atoms with Gasteiger partial charge in [-0.15, -0.1) is 0 Å². The number of rotatable bonds is 2. The fraction of sp³-hybridized carbons (Fsp3) is 0.167. The van der Waals surface area contributed by atoms with Crippen LogP contribution in [0.5, 0.6) is 0 Å². The van der Waals surface area contributed by atoms with Gasteiger partial charge < -0.3 is 5.73 Å². The Bertz CT molecular complexity index is 907. The van der Waals surface area contributed by atoms with Crippen molar-refractivity contribution in [2.75, 3.05) is 12.0 Å². The molecule has 0 radical (unpaired) electrons. The second kappa shape index (κ2) is 4.07. The largest absolute Gasteiger partial charge is 0.369 e. The Balaban J connectivity index is 2.39. The number of imidazole rings is 1. The van der Waals surface area contributed by atoms with Gasteiger partial charge in [0.1, 0.15) is 5.52 Å². The lowest BCUT2D eigenvalue weighted by Gasteiger charge is -2.03. The quantitative estimate of drug-likeness (QED) is 0.751. The molecular weight excluding hydrogens is 278 g/mol. The van der Waals surface area contributed by atoms with Gasteiger partial charge in [0, 0.05) is 19.5 Å². The zero-order valence-electron chi connectivity index (χ0n) is 11.0. The first-order valence-electron chi connectivity index (χ1n) is 5.84. The van der Waals surface area contributed by atoms with Crippen molar-refractivity contribution in [3.63, 3.8) is 0 Å². The topological polar surface area (TPSA) is 95.8 Å². The van der Waals surface area contributed by atoms with Crippen LogP contribution in [0.1, 0.15) is 0 Å². The van der Waals surface area contributed by atoms with E-state index in [9.17, 15) is 8.42 Å². The number of nitrogens with zero attached hydrogens (tertiary/aromatic N) is 4. The monoisotopic (exact) mass is 291 g/mol. The Hall–Kier alpha value is -2.35. The van der Waals surface area contributed by atoms with Crippen LogP contribution in [0.4, 0.5) is 5.95 Å². The third-order valence-corrected chi connectivity index (χ3v) is 4.15. The van der Waals surface area contributed by atoms with Crippen LogP contribution in [-0.2, 0) is 16.9 Å². The van der Waals surface area contributed by atoms with E-state index in [4.69, 9.17) is 5.73 Å². The second-order valence-electron chi connectivity index (χ2n) is 4.57. The lowest BCUT2D eigenvalue weighted by molar-refractivity contribution is 0.602. The van der Waals surface area contributed by atoms with E-state index in [1.54, 1.807) is 40.8 Å². The SMILES string of the molecule is Cn1cc(-n2c(N)nc3c(S(C)(=O)=O)cccc32)cn1. The molecule has 0 saturated carbocycles. The molecule has 2 heterocycles. The highest BCUT2D eigenvalue weighted by atomic mass is 32.2. The summed E-state index contributed by atoms with van der Waals surface area (Å²) >= 11 is 0. The number of nitrogens with two attached hydrogens (primary N) is 1. The summed E-state index contributed by atoms with van der Waals surface area (Å²) in [5.74, 6) is 0.226. The van der Waals surface area contributed by atoms with Gasteiger partial charge in [-0.1, -0.05) is 6.07 Å². The van der Waals surface area contributed by atoms with Crippen LogP contribution < -0.4 is 5.73 Å². The first kappa shape index (κ1) is 12.7. The molecule has 104 valence electrons. The van der Waals surface area contributed by atoms with Crippen molar-refractivity contribution < 1.29 is 8.42 Å². The van der Waals surface area contributed by atoms with Crippen LogP contribution in [0.25, 0.3) is 16.7 Å². The maximum atomic E-state index is 11.8. The highest BCUT2D eigenvalue weighted by Crippen LogP contribution is 2.27. The number of hydrogen-bond acceptors (Lipinski definition) is 5. The lowest BCUT2D eigenvalue weighted by atomic mass is 10.3. The van der Waals surface area contributed by atoms with Gasteiger partial charge in [0.05, 0.1) is 22.3 Å². The molecule has 0 spiro atoms. The Morgan fingerprint density at radius 3 is 2.65 bits per heavy atom. The van der Waals surface area contributed by atoms with E-state index in [1.165, 1.54) is 6.07 Å². The number of para-hydroxylation sites is 1. The van der Waals surface area contributed by atoms with E-state index in [-0.39, 0.29) is 10.8 Å². The van der Waals surface area contributed by atoms with Gasteiger partial charge in [-0.3, -0.25) is 9.25 Å². The van der Waals surface area contributed by atoms with E-state index in [0.717, 1.165) is 11.9 Å². The average Bonchev–Trinajstić information content (AvgIpc) is 2.89. The molecule has 0 aliphatic rings. The molecule has 2 N–H and O–H groups in total. The summed E-state index contributed by atoms with van der Waals surface area (Å²) in [7, 11) is -1.57.